The molecular weight excluding hydrogens is 383 g/mol. The summed E-state index contributed by atoms with van der Waals surface area (Å²) in [5.74, 6) is 0.335. The number of hydrogen-bond donors (Lipinski definition) is 1. The van der Waals surface area contributed by atoms with Crippen molar-refractivity contribution < 1.29 is 9.21 Å². The maximum absolute atomic E-state index is 12.3. The summed E-state index contributed by atoms with van der Waals surface area (Å²) in [6, 6.07) is 17.6. The predicted molar refractivity (Wildman–Crippen MR) is 108 cm³/mol. The number of nitrogens with one attached hydrogen (secondary N) is 1. The van der Waals surface area contributed by atoms with Crippen molar-refractivity contribution in [2.24, 2.45) is 0 Å². The van der Waals surface area contributed by atoms with Crippen molar-refractivity contribution in [2.75, 3.05) is 5.32 Å². The number of rotatable bonds is 4. The molecule has 1 aromatic heterocycles. The maximum atomic E-state index is 12.3. The number of benzene rings is 2. The Bertz CT molecular complexity index is 1060. The van der Waals surface area contributed by atoms with Crippen molar-refractivity contribution in [1.29, 1.82) is 5.26 Å². The molecule has 6 heteroatoms. The summed E-state index contributed by atoms with van der Waals surface area (Å²) in [5, 5.41) is 13.0. The van der Waals surface area contributed by atoms with E-state index in [1.165, 1.54) is 6.08 Å². The summed E-state index contributed by atoms with van der Waals surface area (Å²) < 4.78 is 5.70. The van der Waals surface area contributed by atoms with Gasteiger partial charge in [0, 0.05) is 22.3 Å². The summed E-state index contributed by atoms with van der Waals surface area (Å²) in [6.07, 6.45) is 1.38. The quantitative estimate of drug-likeness (QED) is 0.427. The van der Waals surface area contributed by atoms with Gasteiger partial charge in [0.15, 0.2) is 0 Å². The zero-order valence-corrected chi connectivity index (χ0v) is 15.8. The molecule has 3 aromatic rings. The minimum Gasteiger partial charge on any atom is -0.457 e. The van der Waals surface area contributed by atoms with Crippen LogP contribution in [0.3, 0.4) is 0 Å². The number of amides is 1. The molecule has 0 bridgehead atoms. The fourth-order valence-corrected chi connectivity index (χ4v) is 2.77. The SMILES string of the molecule is Cc1ccc(NC(=O)/C(C#N)=C\c2ccc(-c3cc(Cl)ccc3Cl)o2)cc1. The minimum absolute atomic E-state index is 0.0753. The Hall–Kier alpha value is -3.00. The number of anilines is 1. The highest BCUT2D eigenvalue weighted by Crippen LogP contribution is 2.32. The second-order valence-corrected chi connectivity index (χ2v) is 6.66. The van der Waals surface area contributed by atoms with Crippen LogP contribution in [0.5, 0.6) is 0 Å². The molecule has 0 radical (unpaired) electrons. The van der Waals surface area contributed by atoms with E-state index in [4.69, 9.17) is 27.6 Å². The molecule has 0 fully saturated rings. The maximum Gasteiger partial charge on any atom is 0.266 e. The lowest BCUT2D eigenvalue weighted by Crippen LogP contribution is -2.13. The number of furan rings is 1. The van der Waals surface area contributed by atoms with E-state index in [1.807, 2.05) is 25.1 Å². The number of halogens is 2. The van der Waals surface area contributed by atoms with Crippen LogP contribution in [0.2, 0.25) is 10.0 Å². The standard InChI is InChI=1S/C21H14Cl2N2O2/c1-13-2-5-16(6-3-13)25-21(26)14(12-24)10-17-7-9-20(27-17)18-11-15(22)4-8-19(18)23/h2-11H,1H3,(H,25,26)/b14-10-. The fraction of sp³-hybridized carbons (Fsp3) is 0.0476. The van der Waals surface area contributed by atoms with Crippen LogP contribution in [0, 0.1) is 18.3 Å². The minimum atomic E-state index is -0.514. The number of aryl methyl sites for hydroxylation is 1. The molecule has 0 spiro atoms. The van der Waals surface area contributed by atoms with E-state index in [9.17, 15) is 10.1 Å². The zero-order chi connectivity index (χ0) is 19.4. The van der Waals surface area contributed by atoms with Gasteiger partial charge in [0.1, 0.15) is 23.2 Å². The topological polar surface area (TPSA) is 66.0 Å². The molecule has 0 unspecified atom stereocenters. The molecule has 2 aromatic carbocycles. The molecule has 0 aliphatic rings. The Balaban J connectivity index is 1.83. The van der Waals surface area contributed by atoms with Gasteiger partial charge >= 0.3 is 0 Å². The first-order valence-electron chi connectivity index (χ1n) is 8.01. The lowest BCUT2D eigenvalue weighted by atomic mass is 10.2. The van der Waals surface area contributed by atoms with Crippen LogP contribution in [0.1, 0.15) is 11.3 Å². The Morgan fingerprint density at radius 3 is 2.56 bits per heavy atom. The summed E-state index contributed by atoms with van der Waals surface area (Å²) >= 11 is 12.2. The Labute approximate surface area is 166 Å². The van der Waals surface area contributed by atoms with Gasteiger partial charge in [-0.25, -0.2) is 0 Å². The average Bonchev–Trinajstić information content (AvgIpc) is 3.12. The van der Waals surface area contributed by atoms with Crippen LogP contribution in [-0.2, 0) is 4.79 Å². The Morgan fingerprint density at radius 2 is 1.85 bits per heavy atom. The van der Waals surface area contributed by atoms with Crippen molar-refractivity contribution in [3.63, 3.8) is 0 Å². The van der Waals surface area contributed by atoms with E-state index in [-0.39, 0.29) is 5.57 Å². The molecule has 0 aliphatic heterocycles. The van der Waals surface area contributed by atoms with Crippen LogP contribution in [0.15, 0.2) is 64.6 Å². The van der Waals surface area contributed by atoms with E-state index in [0.717, 1.165) is 5.56 Å². The average molecular weight is 397 g/mol. The summed E-state index contributed by atoms with van der Waals surface area (Å²) in [7, 11) is 0. The largest absolute Gasteiger partial charge is 0.457 e. The molecule has 0 saturated heterocycles. The van der Waals surface area contributed by atoms with Crippen LogP contribution >= 0.6 is 23.2 Å². The second-order valence-electron chi connectivity index (χ2n) is 5.82. The smallest absolute Gasteiger partial charge is 0.266 e. The molecular formula is C21H14Cl2N2O2. The molecule has 134 valence electrons. The van der Waals surface area contributed by atoms with Crippen molar-refractivity contribution in [1.82, 2.24) is 0 Å². The summed E-state index contributed by atoms with van der Waals surface area (Å²) in [6.45, 7) is 1.95. The van der Waals surface area contributed by atoms with Crippen molar-refractivity contribution in [3.05, 3.63) is 81.5 Å². The highest BCUT2D eigenvalue weighted by molar-refractivity contribution is 6.35. The zero-order valence-electron chi connectivity index (χ0n) is 14.3. The van der Waals surface area contributed by atoms with Gasteiger partial charge in [0.05, 0.1) is 5.02 Å². The highest BCUT2D eigenvalue weighted by Gasteiger charge is 2.13. The van der Waals surface area contributed by atoms with Gasteiger partial charge in [-0.2, -0.15) is 5.26 Å². The van der Waals surface area contributed by atoms with Gasteiger partial charge in [0.25, 0.3) is 5.91 Å². The van der Waals surface area contributed by atoms with Gasteiger partial charge in [-0.1, -0.05) is 40.9 Å². The van der Waals surface area contributed by atoms with E-state index in [0.29, 0.717) is 32.8 Å². The number of nitrogens with zero attached hydrogens (tertiary/aromatic N) is 1. The third kappa shape index (κ3) is 4.59. The first-order chi connectivity index (χ1) is 13.0. The number of nitriles is 1. The van der Waals surface area contributed by atoms with E-state index in [1.54, 1.807) is 42.5 Å². The molecule has 0 aliphatic carbocycles. The van der Waals surface area contributed by atoms with E-state index < -0.39 is 5.91 Å². The van der Waals surface area contributed by atoms with Crippen LogP contribution in [0.4, 0.5) is 5.69 Å². The summed E-state index contributed by atoms with van der Waals surface area (Å²) in [4.78, 5) is 12.3. The number of carbonyl (C=O) groups excluding carboxylic acids is 1. The van der Waals surface area contributed by atoms with Crippen molar-refractivity contribution >= 4 is 40.9 Å². The first kappa shape index (κ1) is 18.8. The van der Waals surface area contributed by atoms with Gasteiger partial charge in [-0.3, -0.25) is 4.79 Å². The van der Waals surface area contributed by atoms with Crippen LogP contribution in [-0.4, -0.2) is 5.91 Å². The third-order valence-electron chi connectivity index (χ3n) is 3.78. The molecule has 1 heterocycles. The van der Waals surface area contributed by atoms with E-state index in [2.05, 4.69) is 5.32 Å². The van der Waals surface area contributed by atoms with Gasteiger partial charge in [0.2, 0.25) is 0 Å². The number of hydrogen-bond acceptors (Lipinski definition) is 3. The predicted octanol–water partition coefficient (Wildman–Crippen LogP) is 6.11. The molecule has 1 amide bonds. The second kappa shape index (κ2) is 8.13. The molecule has 1 N–H and O–H groups in total. The lowest BCUT2D eigenvalue weighted by molar-refractivity contribution is -0.112. The molecule has 4 nitrogen and oxygen atoms in total. The monoisotopic (exact) mass is 396 g/mol. The van der Waals surface area contributed by atoms with E-state index >= 15 is 0 Å². The first-order valence-corrected chi connectivity index (χ1v) is 8.77. The van der Waals surface area contributed by atoms with Gasteiger partial charge < -0.3 is 9.73 Å². The van der Waals surface area contributed by atoms with Gasteiger partial charge in [-0.05, 0) is 49.4 Å². The van der Waals surface area contributed by atoms with Crippen molar-refractivity contribution in [3.8, 4) is 17.4 Å². The molecule has 0 atom stereocenters. The van der Waals surface area contributed by atoms with Crippen molar-refractivity contribution in [2.45, 2.75) is 6.92 Å². The Kier molecular flexibility index (Phi) is 5.66. The molecule has 0 saturated carbocycles. The summed E-state index contributed by atoms with van der Waals surface area (Å²) in [5.41, 5.74) is 2.24. The van der Waals surface area contributed by atoms with Crippen LogP contribution in [0.25, 0.3) is 17.4 Å². The van der Waals surface area contributed by atoms with Gasteiger partial charge in [-0.15, -0.1) is 0 Å². The fourth-order valence-electron chi connectivity index (χ4n) is 2.39. The third-order valence-corrected chi connectivity index (χ3v) is 4.35. The van der Waals surface area contributed by atoms with Crippen LogP contribution < -0.4 is 5.32 Å². The normalized spacial score (nSPS) is 11.1. The number of carbonyl (C=O) groups is 1. The Morgan fingerprint density at radius 1 is 1.11 bits per heavy atom. The lowest BCUT2D eigenvalue weighted by Gasteiger charge is -2.04. The molecule has 27 heavy (non-hydrogen) atoms. The highest BCUT2D eigenvalue weighted by atomic mass is 35.5. The molecule has 3 rings (SSSR count).